The highest BCUT2D eigenvalue weighted by atomic mass is 35.5. The molecule has 0 aliphatic heterocycles. The van der Waals surface area contributed by atoms with Gasteiger partial charge in [0, 0.05) is 11.1 Å². The summed E-state index contributed by atoms with van der Waals surface area (Å²) >= 11 is 6.08. The van der Waals surface area contributed by atoms with E-state index in [0.717, 1.165) is 23.2 Å². The van der Waals surface area contributed by atoms with Crippen molar-refractivity contribution in [1.29, 1.82) is 0 Å². The van der Waals surface area contributed by atoms with Crippen molar-refractivity contribution in [2.75, 3.05) is 0 Å². The van der Waals surface area contributed by atoms with Crippen molar-refractivity contribution in [1.82, 2.24) is 4.98 Å². The van der Waals surface area contributed by atoms with E-state index < -0.39 is 0 Å². The van der Waals surface area contributed by atoms with Gasteiger partial charge in [-0.2, -0.15) is 0 Å². The van der Waals surface area contributed by atoms with E-state index in [4.69, 9.17) is 11.6 Å². The van der Waals surface area contributed by atoms with Crippen molar-refractivity contribution in [2.24, 2.45) is 0 Å². The Labute approximate surface area is 92.9 Å². The number of aryl methyl sites for hydroxylation is 2. The van der Waals surface area contributed by atoms with E-state index in [1.165, 1.54) is 12.1 Å². The lowest BCUT2D eigenvalue weighted by Gasteiger charge is -2.06. The van der Waals surface area contributed by atoms with Crippen LogP contribution in [0.15, 0.2) is 18.2 Å². The summed E-state index contributed by atoms with van der Waals surface area (Å²) in [5.41, 5.74) is 2.55. The van der Waals surface area contributed by atoms with Crippen LogP contribution in [-0.2, 0) is 6.42 Å². The Balaban J connectivity index is 2.85. The summed E-state index contributed by atoms with van der Waals surface area (Å²) < 4.78 is 13.2. The number of nitrogens with zero attached hydrogens (tertiary/aromatic N) is 1. The summed E-state index contributed by atoms with van der Waals surface area (Å²) in [6.45, 7) is 3.86. The second-order valence-corrected chi connectivity index (χ2v) is 3.98. The van der Waals surface area contributed by atoms with Crippen LogP contribution in [0, 0.1) is 12.7 Å². The van der Waals surface area contributed by atoms with Crippen molar-refractivity contribution >= 4 is 22.5 Å². The van der Waals surface area contributed by atoms with Crippen LogP contribution in [0.5, 0.6) is 0 Å². The van der Waals surface area contributed by atoms with Gasteiger partial charge in [-0.05, 0) is 37.1 Å². The van der Waals surface area contributed by atoms with E-state index in [-0.39, 0.29) is 5.82 Å². The van der Waals surface area contributed by atoms with Crippen molar-refractivity contribution in [3.05, 3.63) is 40.3 Å². The highest BCUT2D eigenvalue weighted by molar-refractivity contribution is 6.35. The van der Waals surface area contributed by atoms with Gasteiger partial charge in [-0.1, -0.05) is 18.5 Å². The Morgan fingerprint density at radius 1 is 1.33 bits per heavy atom. The van der Waals surface area contributed by atoms with Gasteiger partial charge in [0.1, 0.15) is 5.82 Å². The van der Waals surface area contributed by atoms with E-state index in [1.807, 2.05) is 13.8 Å². The summed E-state index contributed by atoms with van der Waals surface area (Å²) in [5, 5.41) is 1.26. The van der Waals surface area contributed by atoms with Crippen LogP contribution in [-0.4, -0.2) is 4.98 Å². The van der Waals surface area contributed by atoms with Gasteiger partial charge in [-0.15, -0.1) is 0 Å². The summed E-state index contributed by atoms with van der Waals surface area (Å²) in [4.78, 5) is 4.44. The number of aromatic nitrogens is 1. The lowest BCUT2D eigenvalue weighted by atomic mass is 10.1. The highest BCUT2D eigenvalue weighted by Gasteiger charge is 2.07. The molecule has 1 heterocycles. The first-order chi connectivity index (χ1) is 7.11. The average Bonchev–Trinajstić information content (AvgIpc) is 2.19. The number of rotatable bonds is 1. The molecule has 1 aromatic carbocycles. The van der Waals surface area contributed by atoms with Crippen molar-refractivity contribution in [3.8, 4) is 0 Å². The van der Waals surface area contributed by atoms with Crippen LogP contribution in [0.4, 0.5) is 4.39 Å². The molecule has 3 heteroatoms. The van der Waals surface area contributed by atoms with Gasteiger partial charge < -0.3 is 0 Å². The van der Waals surface area contributed by atoms with Crippen molar-refractivity contribution < 1.29 is 4.39 Å². The molecule has 0 bridgehead atoms. The molecule has 2 aromatic rings. The Bertz CT molecular complexity index is 523. The van der Waals surface area contributed by atoms with Gasteiger partial charge in [0.2, 0.25) is 0 Å². The smallest absolute Gasteiger partial charge is 0.124 e. The number of fused-ring (bicyclic) bond motifs is 1. The first kappa shape index (κ1) is 10.4. The van der Waals surface area contributed by atoms with E-state index >= 15 is 0 Å². The molecule has 0 atom stereocenters. The first-order valence-corrected chi connectivity index (χ1v) is 5.25. The Kier molecular flexibility index (Phi) is 2.61. The van der Waals surface area contributed by atoms with E-state index in [2.05, 4.69) is 4.98 Å². The first-order valence-electron chi connectivity index (χ1n) is 4.87. The predicted octanol–water partition coefficient (Wildman–Crippen LogP) is 3.90. The molecular weight excluding hydrogens is 213 g/mol. The third-order valence-corrected chi connectivity index (χ3v) is 2.75. The molecule has 0 amide bonds. The molecule has 0 N–H and O–H groups in total. The van der Waals surface area contributed by atoms with Crippen molar-refractivity contribution in [2.45, 2.75) is 20.3 Å². The lowest BCUT2D eigenvalue weighted by molar-refractivity contribution is 0.628. The molecule has 1 nitrogen and oxygen atoms in total. The summed E-state index contributed by atoms with van der Waals surface area (Å²) in [6, 6.07) is 4.70. The molecule has 0 aliphatic rings. The molecule has 0 saturated heterocycles. The number of benzene rings is 1. The van der Waals surface area contributed by atoms with Crippen LogP contribution >= 0.6 is 11.6 Å². The topological polar surface area (TPSA) is 12.9 Å². The van der Waals surface area contributed by atoms with Crippen LogP contribution in [0.2, 0.25) is 5.02 Å². The molecule has 0 fully saturated rings. The maximum absolute atomic E-state index is 13.2. The minimum atomic E-state index is -0.270. The van der Waals surface area contributed by atoms with Crippen LogP contribution in [0.1, 0.15) is 18.2 Å². The molecule has 15 heavy (non-hydrogen) atoms. The van der Waals surface area contributed by atoms with E-state index in [9.17, 15) is 4.39 Å². The van der Waals surface area contributed by atoms with Gasteiger partial charge in [-0.25, -0.2) is 4.39 Å². The summed E-state index contributed by atoms with van der Waals surface area (Å²) in [5.74, 6) is -0.270. The Morgan fingerprint density at radius 3 is 2.73 bits per heavy atom. The van der Waals surface area contributed by atoms with Crippen LogP contribution in [0.3, 0.4) is 0 Å². The monoisotopic (exact) mass is 223 g/mol. The SMILES string of the molecule is CCc1cc(Cl)c2cc(F)cc(C)c2n1. The minimum absolute atomic E-state index is 0.270. The molecule has 0 aliphatic carbocycles. The molecule has 0 saturated carbocycles. The van der Waals surface area contributed by atoms with E-state index in [1.54, 1.807) is 6.07 Å². The molecule has 0 spiro atoms. The third kappa shape index (κ3) is 1.82. The molecule has 0 unspecified atom stereocenters. The predicted molar refractivity (Wildman–Crippen MR) is 60.8 cm³/mol. The summed E-state index contributed by atoms with van der Waals surface area (Å²) in [7, 11) is 0. The zero-order valence-corrected chi connectivity index (χ0v) is 9.40. The number of hydrogen-bond acceptors (Lipinski definition) is 1. The molecule has 0 radical (unpaired) electrons. The Morgan fingerprint density at radius 2 is 2.07 bits per heavy atom. The van der Waals surface area contributed by atoms with Gasteiger partial charge >= 0.3 is 0 Å². The molecule has 1 aromatic heterocycles. The van der Waals surface area contributed by atoms with Gasteiger partial charge in [0.05, 0.1) is 10.5 Å². The zero-order valence-electron chi connectivity index (χ0n) is 8.64. The number of hydrogen-bond donors (Lipinski definition) is 0. The van der Waals surface area contributed by atoms with Crippen molar-refractivity contribution in [3.63, 3.8) is 0 Å². The van der Waals surface area contributed by atoms with Gasteiger partial charge in [0.15, 0.2) is 0 Å². The summed E-state index contributed by atoms with van der Waals surface area (Å²) in [6.07, 6.45) is 0.826. The number of halogens is 2. The molecule has 78 valence electrons. The van der Waals surface area contributed by atoms with Crippen LogP contribution in [0.25, 0.3) is 10.9 Å². The lowest BCUT2D eigenvalue weighted by Crippen LogP contribution is -1.92. The zero-order chi connectivity index (χ0) is 11.0. The quantitative estimate of drug-likeness (QED) is 0.715. The fraction of sp³-hybridized carbons (Fsp3) is 0.250. The highest BCUT2D eigenvalue weighted by Crippen LogP contribution is 2.26. The maximum atomic E-state index is 13.2. The van der Waals surface area contributed by atoms with Gasteiger partial charge in [0.25, 0.3) is 0 Å². The average molecular weight is 224 g/mol. The second-order valence-electron chi connectivity index (χ2n) is 3.57. The largest absolute Gasteiger partial charge is 0.252 e. The standard InChI is InChI=1S/C12H11ClFN/c1-3-9-6-11(13)10-5-8(14)4-7(2)12(10)15-9/h4-6H,3H2,1-2H3. The maximum Gasteiger partial charge on any atom is 0.124 e. The number of pyridine rings is 1. The minimum Gasteiger partial charge on any atom is -0.252 e. The van der Waals surface area contributed by atoms with Crippen LogP contribution < -0.4 is 0 Å². The molecule has 2 rings (SSSR count). The third-order valence-electron chi connectivity index (χ3n) is 2.43. The van der Waals surface area contributed by atoms with E-state index in [0.29, 0.717) is 10.4 Å². The fourth-order valence-electron chi connectivity index (χ4n) is 1.65. The molecular formula is C12H11ClFN. The second kappa shape index (κ2) is 3.78. The normalized spacial score (nSPS) is 10.9. The Hall–Kier alpha value is -1.15. The van der Waals surface area contributed by atoms with Gasteiger partial charge in [-0.3, -0.25) is 4.98 Å². The fourth-order valence-corrected chi connectivity index (χ4v) is 1.92.